The molecule has 0 fully saturated rings. The zero-order chi connectivity index (χ0) is 12.1. The lowest BCUT2D eigenvalue weighted by atomic mass is 10.3. The van der Waals surface area contributed by atoms with E-state index in [0.29, 0.717) is 10.9 Å². The number of azide groups is 1. The van der Waals surface area contributed by atoms with Gasteiger partial charge in [0.25, 0.3) is 5.19 Å². The normalized spacial score (nSPS) is 9.71. The van der Waals surface area contributed by atoms with E-state index >= 15 is 0 Å². The van der Waals surface area contributed by atoms with E-state index < -0.39 is 0 Å². The molecule has 0 spiro atoms. The molecule has 0 bridgehead atoms. The summed E-state index contributed by atoms with van der Waals surface area (Å²) in [6, 6.07) is 5.65. The number of hydrogen-bond donors (Lipinski definition) is 0. The summed E-state index contributed by atoms with van der Waals surface area (Å²) in [5.41, 5.74) is 8.17. The lowest BCUT2D eigenvalue weighted by Crippen LogP contribution is -1.82. The first-order chi connectivity index (χ1) is 8.28. The highest BCUT2D eigenvalue weighted by molar-refractivity contribution is 7.13. The second-order valence-corrected chi connectivity index (χ2v) is 4.12. The van der Waals surface area contributed by atoms with Crippen molar-refractivity contribution in [2.45, 2.75) is 6.54 Å². The van der Waals surface area contributed by atoms with Gasteiger partial charge in [0.05, 0.1) is 6.54 Å². The fourth-order valence-electron chi connectivity index (χ4n) is 1.11. The molecular formula is C10H7FN4OS. The van der Waals surface area contributed by atoms with Gasteiger partial charge in [0.15, 0.2) is 0 Å². The van der Waals surface area contributed by atoms with Gasteiger partial charge in [-0.1, -0.05) is 16.5 Å². The van der Waals surface area contributed by atoms with Gasteiger partial charge in [-0.25, -0.2) is 9.37 Å². The summed E-state index contributed by atoms with van der Waals surface area (Å²) in [4.78, 5) is 7.47. The number of nitrogens with zero attached hydrogens (tertiary/aromatic N) is 4. The maximum absolute atomic E-state index is 12.7. The average Bonchev–Trinajstić information content (AvgIpc) is 2.77. The Morgan fingerprint density at radius 3 is 2.88 bits per heavy atom. The Morgan fingerprint density at radius 1 is 1.41 bits per heavy atom. The molecule has 5 nitrogen and oxygen atoms in total. The Hall–Kier alpha value is -2.11. The van der Waals surface area contributed by atoms with Gasteiger partial charge in [-0.05, 0) is 29.8 Å². The van der Waals surface area contributed by atoms with E-state index in [9.17, 15) is 4.39 Å². The molecule has 0 N–H and O–H groups in total. The van der Waals surface area contributed by atoms with Crippen LogP contribution < -0.4 is 4.74 Å². The van der Waals surface area contributed by atoms with Gasteiger partial charge in [0.2, 0.25) is 0 Å². The number of halogens is 1. The zero-order valence-electron chi connectivity index (χ0n) is 8.58. The molecular weight excluding hydrogens is 243 g/mol. The van der Waals surface area contributed by atoms with E-state index in [1.165, 1.54) is 35.6 Å². The van der Waals surface area contributed by atoms with Gasteiger partial charge in [0.1, 0.15) is 11.6 Å². The van der Waals surface area contributed by atoms with E-state index in [2.05, 4.69) is 15.0 Å². The molecule has 1 aromatic heterocycles. The lowest BCUT2D eigenvalue weighted by molar-refractivity contribution is 0.477. The van der Waals surface area contributed by atoms with Crippen LogP contribution in [0.1, 0.15) is 4.88 Å². The van der Waals surface area contributed by atoms with Gasteiger partial charge < -0.3 is 4.74 Å². The zero-order valence-corrected chi connectivity index (χ0v) is 9.39. The smallest absolute Gasteiger partial charge is 0.278 e. The third-order valence-corrected chi connectivity index (χ3v) is 2.70. The molecule has 0 radical (unpaired) electrons. The van der Waals surface area contributed by atoms with Crippen LogP contribution >= 0.6 is 11.3 Å². The Balaban J connectivity index is 2.05. The minimum absolute atomic E-state index is 0.251. The Kier molecular flexibility index (Phi) is 3.54. The Morgan fingerprint density at radius 2 is 2.18 bits per heavy atom. The number of rotatable bonds is 4. The van der Waals surface area contributed by atoms with Gasteiger partial charge in [-0.3, -0.25) is 0 Å². The van der Waals surface area contributed by atoms with Crippen LogP contribution in [0.15, 0.2) is 35.6 Å². The summed E-state index contributed by atoms with van der Waals surface area (Å²) in [5.74, 6) is 0.191. The number of thiazole rings is 1. The molecule has 0 unspecified atom stereocenters. The highest BCUT2D eigenvalue weighted by Gasteiger charge is 2.03. The molecule has 1 aromatic carbocycles. The number of benzene rings is 1. The third-order valence-electron chi connectivity index (χ3n) is 1.84. The van der Waals surface area contributed by atoms with Crippen LogP contribution in [-0.4, -0.2) is 4.98 Å². The molecule has 1 heterocycles. The van der Waals surface area contributed by atoms with Crippen molar-refractivity contribution in [3.63, 3.8) is 0 Å². The largest absolute Gasteiger partial charge is 0.431 e. The molecule has 0 aliphatic heterocycles. The predicted octanol–water partition coefficient (Wildman–Crippen LogP) is 3.88. The molecule has 0 aliphatic carbocycles. The molecule has 7 heteroatoms. The van der Waals surface area contributed by atoms with Crippen LogP contribution in [0.3, 0.4) is 0 Å². The SMILES string of the molecule is [N-]=[N+]=NCc1cnc(Oc2ccc(F)cc2)s1. The predicted molar refractivity (Wildman–Crippen MR) is 61.4 cm³/mol. The van der Waals surface area contributed by atoms with Crippen molar-refractivity contribution in [3.05, 3.63) is 51.6 Å². The molecule has 0 saturated carbocycles. The minimum Gasteiger partial charge on any atom is -0.431 e. The fourth-order valence-corrected chi connectivity index (χ4v) is 1.81. The molecule has 0 aliphatic rings. The van der Waals surface area contributed by atoms with E-state index in [-0.39, 0.29) is 12.4 Å². The molecule has 0 atom stereocenters. The van der Waals surface area contributed by atoms with Crippen molar-refractivity contribution in [2.75, 3.05) is 0 Å². The van der Waals surface area contributed by atoms with Gasteiger partial charge >= 0.3 is 0 Å². The lowest BCUT2D eigenvalue weighted by Gasteiger charge is -1.99. The highest BCUT2D eigenvalue weighted by atomic mass is 32.1. The van der Waals surface area contributed by atoms with Crippen LogP contribution in [0.2, 0.25) is 0 Å². The summed E-state index contributed by atoms with van der Waals surface area (Å²) < 4.78 is 18.1. The van der Waals surface area contributed by atoms with Crippen molar-refractivity contribution in [2.24, 2.45) is 5.11 Å². The monoisotopic (exact) mass is 250 g/mol. The summed E-state index contributed by atoms with van der Waals surface area (Å²) in [5, 5.41) is 3.85. The third kappa shape index (κ3) is 3.17. The quantitative estimate of drug-likeness (QED) is 0.469. The molecule has 0 saturated heterocycles. The summed E-state index contributed by atoms with van der Waals surface area (Å²) in [6.45, 7) is 0.251. The van der Waals surface area contributed by atoms with E-state index in [1.54, 1.807) is 6.20 Å². The van der Waals surface area contributed by atoms with Gasteiger partial charge in [-0.2, -0.15) is 0 Å². The highest BCUT2D eigenvalue weighted by Crippen LogP contribution is 2.26. The van der Waals surface area contributed by atoms with Crippen LogP contribution in [-0.2, 0) is 6.54 Å². The first-order valence-electron chi connectivity index (χ1n) is 4.67. The second kappa shape index (κ2) is 5.29. The van der Waals surface area contributed by atoms with Crippen molar-refractivity contribution in [1.29, 1.82) is 0 Å². The standard InChI is InChI=1S/C10H7FN4OS/c11-7-1-3-8(4-2-7)16-10-13-5-9(17-10)6-14-15-12/h1-5H,6H2. The number of aromatic nitrogens is 1. The summed E-state index contributed by atoms with van der Waals surface area (Å²) in [6.07, 6.45) is 1.58. The minimum atomic E-state index is -0.319. The molecule has 17 heavy (non-hydrogen) atoms. The number of hydrogen-bond acceptors (Lipinski definition) is 4. The Labute approximate surface area is 100 Å². The van der Waals surface area contributed by atoms with Crippen molar-refractivity contribution < 1.29 is 9.13 Å². The first kappa shape index (κ1) is 11.4. The first-order valence-corrected chi connectivity index (χ1v) is 5.48. The molecule has 2 aromatic rings. The second-order valence-electron chi connectivity index (χ2n) is 3.04. The summed E-state index contributed by atoms with van der Waals surface area (Å²) >= 11 is 1.28. The van der Waals surface area contributed by atoms with Crippen molar-refractivity contribution >= 4 is 11.3 Å². The van der Waals surface area contributed by atoms with Crippen molar-refractivity contribution in [1.82, 2.24) is 4.98 Å². The fraction of sp³-hybridized carbons (Fsp3) is 0.100. The maximum atomic E-state index is 12.7. The van der Waals surface area contributed by atoms with E-state index in [4.69, 9.17) is 10.3 Å². The van der Waals surface area contributed by atoms with Crippen LogP contribution in [0.25, 0.3) is 10.4 Å². The van der Waals surface area contributed by atoms with Crippen molar-refractivity contribution in [3.8, 4) is 10.9 Å². The Bertz CT molecular complexity index is 548. The molecule has 86 valence electrons. The van der Waals surface area contributed by atoms with Crippen LogP contribution in [0.5, 0.6) is 10.9 Å². The van der Waals surface area contributed by atoms with Gasteiger partial charge in [0, 0.05) is 16.0 Å². The van der Waals surface area contributed by atoms with Crippen LogP contribution in [0, 0.1) is 5.82 Å². The number of ether oxygens (including phenoxy) is 1. The van der Waals surface area contributed by atoms with E-state index in [0.717, 1.165) is 4.88 Å². The van der Waals surface area contributed by atoms with Crippen LogP contribution in [0.4, 0.5) is 4.39 Å². The topological polar surface area (TPSA) is 70.9 Å². The van der Waals surface area contributed by atoms with E-state index in [1.807, 2.05) is 0 Å². The maximum Gasteiger partial charge on any atom is 0.278 e. The molecule has 2 rings (SSSR count). The summed E-state index contributed by atoms with van der Waals surface area (Å²) in [7, 11) is 0. The average molecular weight is 250 g/mol. The molecule has 0 amide bonds. The van der Waals surface area contributed by atoms with Gasteiger partial charge in [-0.15, -0.1) is 0 Å².